The SMILES string of the molecule is C#C[C]1[CH][CH][CH][CH]1.CCCCCCCC(=O)Nc1cc(OC[C]2[CH][CH][CH][CH]2)cc(NC(=O)CCCCCCC)n1.[Fe+2]. The van der Waals surface area contributed by atoms with Crippen molar-refractivity contribution in [3.8, 4) is 18.1 Å². The molecule has 220 valence electrons. The van der Waals surface area contributed by atoms with Crippen LogP contribution in [-0.2, 0) is 26.7 Å². The number of nitrogens with zero attached hydrogens (tertiary/aromatic N) is 1. The third-order valence-corrected chi connectivity index (χ3v) is 6.32. The summed E-state index contributed by atoms with van der Waals surface area (Å²) in [5.41, 5.74) is 0. The summed E-state index contributed by atoms with van der Waals surface area (Å²) in [5.74, 6) is 5.73. The Bertz CT molecular complexity index is 843. The molecule has 6 nitrogen and oxygen atoms in total. The first-order chi connectivity index (χ1) is 19.5. The molecule has 0 atom stereocenters. The standard InChI is InChI=1S/C27H40N3O3.C7H5.Fe/c1-3-5-7-9-11-17-26(31)29-24-19-23(33-21-22-15-13-14-16-22)20-25(28-24)30-27(32)18-12-10-8-6-4-2;1-2-7-5-3-4-6-7;/h13-16,19-20H,3-12,17-18,21H2,1-2H3,(H2,28,29,30,31,32);1,3-6H;/q;;+2. The number of unbranched alkanes of at least 4 members (excludes halogenated alkanes) is 8. The molecule has 7 heteroatoms. The van der Waals surface area contributed by atoms with Gasteiger partial charge in [0.2, 0.25) is 11.8 Å². The number of hydrogen-bond acceptors (Lipinski definition) is 4. The molecule has 0 unspecified atom stereocenters. The summed E-state index contributed by atoms with van der Waals surface area (Å²) in [7, 11) is 0. The zero-order valence-electron chi connectivity index (χ0n) is 24.6. The van der Waals surface area contributed by atoms with Gasteiger partial charge in [-0.2, -0.15) is 0 Å². The van der Waals surface area contributed by atoms with Gasteiger partial charge in [-0.05, 0) is 64.2 Å². The zero-order valence-corrected chi connectivity index (χ0v) is 25.7. The topological polar surface area (TPSA) is 80.3 Å². The van der Waals surface area contributed by atoms with E-state index in [0.29, 0.717) is 36.8 Å². The Morgan fingerprint density at radius 3 is 1.66 bits per heavy atom. The van der Waals surface area contributed by atoms with Crippen molar-refractivity contribution >= 4 is 23.5 Å². The minimum Gasteiger partial charge on any atom is -0.493 e. The molecule has 0 saturated heterocycles. The zero-order chi connectivity index (χ0) is 28.8. The van der Waals surface area contributed by atoms with E-state index in [1.54, 1.807) is 12.1 Å². The van der Waals surface area contributed by atoms with Crippen LogP contribution in [0.3, 0.4) is 0 Å². The second-order valence-electron chi connectivity index (χ2n) is 9.90. The number of anilines is 2. The molecule has 2 aliphatic rings. The molecule has 2 amide bonds. The molecule has 10 radical (unpaired) electrons. The van der Waals surface area contributed by atoms with Crippen LogP contribution in [0.4, 0.5) is 11.6 Å². The third kappa shape index (κ3) is 17.5. The van der Waals surface area contributed by atoms with Gasteiger partial charge in [-0.3, -0.25) is 9.59 Å². The molecule has 1 heterocycles. The van der Waals surface area contributed by atoms with Gasteiger partial charge in [0, 0.05) is 30.9 Å². The third-order valence-electron chi connectivity index (χ3n) is 6.32. The van der Waals surface area contributed by atoms with Crippen molar-refractivity contribution in [3.63, 3.8) is 0 Å². The molecule has 3 rings (SSSR count). The summed E-state index contributed by atoms with van der Waals surface area (Å²) >= 11 is 0. The quantitative estimate of drug-likeness (QED) is 0.111. The minimum atomic E-state index is -0.0691. The first-order valence-corrected chi connectivity index (χ1v) is 14.7. The monoisotopic (exact) mass is 599 g/mol. The molecule has 1 aromatic heterocycles. The number of pyridine rings is 1. The number of carbonyl (C=O) groups excluding carboxylic acids is 2. The largest absolute Gasteiger partial charge is 2.00 e. The van der Waals surface area contributed by atoms with Crippen LogP contribution >= 0.6 is 0 Å². The van der Waals surface area contributed by atoms with Crippen molar-refractivity contribution in [3.05, 3.63) is 75.3 Å². The Kier molecular flexibility index (Phi) is 21.2. The van der Waals surface area contributed by atoms with Gasteiger partial charge in [0.15, 0.2) is 0 Å². The predicted octanol–water partition coefficient (Wildman–Crippen LogP) is 7.49. The fourth-order valence-corrected chi connectivity index (χ4v) is 4.05. The van der Waals surface area contributed by atoms with E-state index in [0.717, 1.165) is 50.4 Å². The van der Waals surface area contributed by atoms with E-state index in [-0.39, 0.29) is 28.9 Å². The second-order valence-corrected chi connectivity index (χ2v) is 9.90. The van der Waals surface area contributed by atoms with Crippen molar-refractivity contribution in [2.45, 2.75) is 90.9 Å². The van der Waals surface area contributed by atoms with Crippen molar-refractivity contribution in [2.75, 3.05) is 17.2 Å². The van der Waals surface area contributed by atoms with E-state index in [1.807, 2.05) is 51.4 Å². The Morgan fingerprint density at radius 1 is 0.756 bits per heavy atom. The average Bonchev–Trinajstić information content (AvgIpc) is 3.67. The van der Waals surface area contributed by atoms with Crippen molar-refractivity contribution in [1.29, 1.82) is 0 Å². The number of amides is 2. The predicted molar refractivity (Wildman–Crippen MR) is 163 cm³/mol. The molecular formula is C34H45FeN3O3+2. The molecule has 0 aromatic carbocycles. The number of rotatable bonds is 17. The first kappa shape index (κ1) is 37.0. The van der Waals surface area contributed by atoms with E-state index in [2.05, 4.69) is 35.4 Å². The van der Waals surface area contributed by atoms with E-state index < -0.39 is 0 Å². The number of hydrogen-bond donors (Lipinski definition) is 2. The van der Waals surface area contributed by atoms with Crippen LogP contribution in [0.25, 0.3) is 0 Å². The molecule has 2 fully saturated rings. The number of carbonyl (C=O) groups is 2. The van der Waals surface area contributed by atoms with Gasteiger partial charge >= 0.3 is 17.1 Å². The minimum absolute atomic E-state index is 0. The molecule has 0 spiro atoms. The Labute approximate surface area is 260 Å². The molecule has 2 aliphatic carbocycles. The number of ether oxygens (including phenoxy) is 1. The second kappa shape index (κ2) is 23.5. The molecule has 0 bridgehead atoms. The van der Waals surface area contributed by atoms with E-state index in [9.17, 15) is 9.59 Å². The van der Waals surface area contributed by atoms with E-state index in [4.69, 9.17) is 11.2 Å². The Hall–Kier alpha value is -2.03. The van der Waals surface area contributed by atoms with Gasteiger partial charge in [-0.1, -0.05) is 71.1 Å². The maximum absolute atomic E-state index is 12.4. The van der Waals surface area contributed by atoms with E-state index >= 15 is 0 Å². The van der Waals surface area contributed by atoms with Crippen LogP contribution in [0.5, 0.6) is 5.75 Å². The molecule has 1 aromatic rings. The maximum atomic E-state index is 12.4. The van der Waals surface area contributed by atoms with Crippen LogP contribution in [0, 0.1) is 75.5 Å². The van der Waals surface area contributed by atoms with Crippen molar-refractivity contribution in [2.24, 2.45) is 0 Å². The summed E-state index contributed by atoms with van der Waals surface area (Å²) in [4.78, 5) is 29.2. The maximum Gasteiger partial charge on any atom is 2.00 e. The summed E-state index contributed by atoms with van der Waals surface area (Å²) in [6.45, 7) is 4.76. The average molecular weight is 600 g/mol. The number of aromatic nitrogens is 1. The van der Waals surface area contributed by atoms with Gasteiger partial charge in [-0.25, -0.2) is 4.98 Å². The van der Waals surface area contributed by atoms with Gasteiger partial charge in [-0.15, -0.1) is 6.42 Å². The van der Waals surface area contributed by atoms with Crippen LogP contribution in [0.1, 0.15) is 90.9 Å². The summed E-state index contributed by atoms with van der Waals surface area (Å²) < 4.78 is 5.90. The van der Waals surface area contributed by atoms with Gasteiger partial charge in [0.1, 0.15) is 17.4 Å². The van der Waals surface area contributed by atoms with Gasteiger partial charge in [0.25, 0.3) is 0 Å². The van der Waals surface area contributed by atoms with Crippen LogP contribution in [0.15, 0.2) is 12.1 Å². The van der Waals surface area contributed by atoms with Crippen molar-refractivity contribution < 1.29 is 31.4 Å². The van der Waals surface area contributed by atoms with Gasteiger partial charge in [0.05, 0.1) is 12.5 Å². The summed E-state index contributed by atoms with van der Waals surface area (Å²) in [6, 6.07) is 3.41. The fourth-order valence-electron chi connectivity index (χ4n) is 4.05. The number of terminal acetylenes is 1. The van der Waals surface area contributed by atoms with Crippen molar-refractivity contribution in [1.82, 2.24) is 4.98 Å². The molecular weight excluding hydrogens is 554 g/mol. The Morgan fingerprint density at radius 2 is 1.22 bits per heavy atom. The number of nitrogens with one attached hydrogen (secondary N) is 2. The molecule has 2 saturated carbocycles. The fraction of sp³-hybridized carbons (Fsp3) is 0.441. The Balaban J connectivity index is 0.000000913. The normalized spacial score (nSPS) is 14.9. The molecule has 0 aliphatic heterocycles. The molecule has 41 heavy (non-hydrogen) atoms. The van der Waals surface area contributed by atoms with Crippen LogP contribution < -0.4 is 15.4 Å². The molecule has 2 N–H and O–H groups in total. The first-order valence-electron chi connectivity index (χ1n) is 14.7. The van der Waals surface area contributed by atoms with Gasteiger partial charge < -0.3 is 15.4 Å². The smallest absolute Gasteiger partial charge is 0.493 e. The van der Waals surface area contributed by atoms with E-state index in [1.165, 1.54) is 25.7 Å². The summed E-state index contributed by atoms with van der Waals surface area (Å²) in [6.07, 6.45) is 32.4. The van der Waals surface area contributed by atoms with Crippen LogP contribution in [0.2, 0.25) is 0 Å². The summed E-state index contributed by atoms with van der Waals surface area (Å²) in [5, 5.41) is 5.73. The van der Waals surface area contributed by atoms with Crippen LogP contribution in [-0.4, -0.2) is 23.4 Å².